The van der Waals surface area contributed by atoms with Crippen LogP contribution in [0, 0.1) is 0 Å². The van der Waals surface area contributed by atoms with Crippen LogP contribution in [0.5, 0.6) is 0 Å². The Morgan fingerprint density at radius 2 is 1.02 bits per heavy atom. The highest BCUT2D eigenvalue weighted by atomic mass is 32.1. The van der Waals surface area contributed by atoms with Gasteiger partial charge >= 0.3 is 0 Å². The van der Waals surface area contributed by atoms with Crippen molar-refractivity contribution in [3.63, 3.8) is 0 Å². The number of furan rings is 1. The fraction of sp³-hybridized carbons (Fsp3) is 0. The molecule has 0 radical (unpaired) electrons. The zero-order valence-electron chi connectivity index (χ0n) is 24.6. The molecule has 0 atom stereocenters. The van der Waals surface area contributed by atoms with Gasteiger partial charge in [-0.15, -0.1) is 11.3 Å². The molecule has 0 saturated heterocycles. The highest BCUT2D eigenvalue weighted by Crippen LogP contribution is 2.45. The van der Waals surface area contributed by atoms with Gasteiger partial charge in [-0.3, -0.25) is 0 Å². The first kappa shape index (κ1) is 24.5. The van der Waals surface area contributed by atoms with Crippen LogP contribution in [0.1, 0.15) is 0 Å². The first-order valence-corrected chi connectivity index (χ1v) is 16.4. The lowest BCUT2D eigenvalue weighted by atomic mass is 10.1. The molecule has 46 heavy (non-hydrogen) atoms. The van der Waals surface area contributed by atoms with E-state index in [0.29, 0.717) is 0 Å². The third-order valence-corrected chi connectivity index (χ3v) is 10.8. The first-order chi connectivity index (χ1) is 22.8. The van der Waals surface area contributed by atoms with Gasteiger partial charge in [0.25, 0.3) is 0 Å². The SMILES string of the molecule is c1ccc2c(c1)oc1ccc(-n3c4ccccc4c4ccc5c6ccccc6n(-c6cccc7sc8ccccc8c67)c5c43)cc12. The van der Waals surface area contributed by atoms with Gasteiger partial charge in [-0.2, -0.15) is 0 Å². The van der Waals surface area contributed by atoms with E-state index in [0.717, 1.165) is 27.6 Å². The van der Waals surface area contributed by atoms with Crippen molar-refractivity contribution in [1.29, 1.82) is 0 Å². The van der Waals surface area contributed by atoms with Gasteiger partial charge in [0.15, 0.2) is 0 Å². The summed E-state index contributed by atoms with van der Waals surface area (Å²) in [5.74, 6) is 0. The van der Waals surface area contributed by atoms with Gasteiger partial charge in [0, 0.05) is 58.2 Å². The molecule has 0 bridgehead atoms. The smallest absolute Gasteiger partial charge is 0.135 e. The summed E-state index contributed by atoms with van der Waals surface area (Å²) in [4.78, 5) is 0. The van der Waals surface area contributed by atoms with Crippen molar-refractivity contribution in [1.82, 2.24) is 9.13 Å². The van der Waals surface area contributed by atoms with Gasteiger partial charge in [0.1, 0.15) is 11.2 Å². The summed E-state index contributed by atoms with van der Waals surface area (Å²) in [6.45, 7) is 0. The number of nitrogens with zero attached hydrogens (tertiary/aromatic N) is 2. The maximum absolute atomic E-state index is 6.24. The predicted octanol–water partition coefficient (Wildman–Crippen LogP) is 12.1. The lowest BCUT2D eigenvalue weighted by Gasteiger charge is -2.14. The fourth-order valence-corrected chi connectivity index (χ4v) is 8.94. The Morgan fingerprint density at radius 1 is 0.413 bits per heavy atom. The van der Waals surface area contributed by atoms with Crippen LogP contribution < -0.4 is 0 Å². The van der Waals surface area contributed by atoms with Gasteiger partial charge < -0.3 is 13.6 Å². The van der Waals surface area contributed by atoms with E-state index in [2.05, 4.69) is 143 Å². The molecule has 7 aromatic carbocycles. The Balaban J connectivity index is 1.37. The number of rotatable bonds is 2. The molecule has 11 aromatic rings. The maximum atomic E-state index is 6.24. The molecule has 0 saturated carbocycles. The molecule has 0 aliphatic carbocycles. The molecule has 0 amide bonds. The molecule has 0 unspecified atom stereocenters. The number of hydrogen-bond donors (Lipinski definition) is 0. The Labute approximate surface area is 266 Å². The van der Waals surface area contributed by atoms with Crippen LogP contribution in [0.15, 0.2) is 150 Å². The molecule has 3 nitrogen and oxygen atoms in total. The molecule has 0 aliphatic heterocycles. The molecular formula is C42H24N2OS. The lowest BCUT2D eigenvalue weighted by Crippen LogP contribution is -1.99. The summed E-state index contributed by atoms with van der Waals surface area (Å²) in [7, 11) is 0. The zero-order valence-corrected chi connectivity index (χ0v) is 25.4. The monoisotopic (exact) mass is 604 g/mol. The number of hydrogen-bond acceptors (Lipinski definition) is 2. The molecule has 4 heterocycles. The number of thiophene rings is 1. The molecule has 11 rings (SSSR count). The fourth-order valence-electron chi connectivity index (χ4n) is 7.81. The van der Waals surface area contributed by atoms with Crippen LogP contribution >= 0.6 is 11.3 Å². The van der Waals surface area contributed by atoms with E-state index in [1.54, 1.807) is 0 Å². The van der Waals surface area contributed by atoms with E-state index in [4.69, 9.17) is 4.42 Å². The summed E-state index contributed by atoms with van der Waals surface area (Å²) < 4.78 is 13.8. The van der Waals surface area contributed by atoms with Crippen LogP contribution in [0.3, 0.4) is 0 Å². The van der Waals surface area contributed by atoms with Crippen LogP contribution in [0.4, 0.5) is 0 Å². The maximum Gasteiger partial charge on any atom is 0.135 e. The molecule has 4 heteroatoms. The number of fused-ring (bicyclic) bond motifs is 13. The van der Waals surface area contributed by atoms with Crippen molar-refractivity contribution in [2.45, 2.75) is 0 Å². The van der Waals surface area contributed by atoms with E-state index in [1.807, 2.05) is 23.5 Å². The van der Waals surface area contributed by atoms with Crippen molar-refractivity contribution in [2.75, 3.05) is 0 Å². The van der Waals surface area contributed by atoms with E-state index in [1.165, 1.54) is 69.5 Å². The molecule has 4 aromatic heterocycles. The van der Waals surface area contributed by atoms with Crippen molar-refractivity contribution < 1.29 is 4.42 Å². The van der Waals surface area contributed by atoms with Crippen LogP contribution in [0.25, 0.3) is 97.1 Å². The first-order valence-electron chi connectivity index (χ1n) is 15.6. The third kappa shape index (κ3) is 3.11. The lowest BCUT2D eigenvalue weighted by molar-refractivity contribution is 0.669. The average molecular weight is 605 g/mol. The molecule has 0 fully saturated rings. The van der Waals surface area contributed by atoms with Crippen LogP contribution in [-0.2, 0) is 0 Å². The minimum absolute atomic E-state index is 0.904. The van der Waals surface area contributed by atoms with Gasteiger partial charge in [0.2, 0.25) is 0 Å². The number of benzene rings is 7. The van der Waals surface area contributed by atoms with Crippen molar-refractivity contribution in [2.24, 2.45) is 0 Å². The minimum atomic E-state index is 0.904. The predicted molar refractivity (Wildman–Crippen MR) is 195 cm³/mol. The van der Waals surface area contributed by atoms with Gasteiger partial charge in [-0.1, -0.05) is 91.0 Å². The van der Waals surface area contributed by atoms with Crippen LogP contribution in [0.2, 0.25) is 0 Å². The Morgan fingerprint density at radius 3 is 1.83 bits per heavy atom. The molecule has 0 N–H and O–H groups in total. The second-order valence-electron chi connectivity index (χ2n) is 12.1. The van der Waals surface area contributed by atoms with Crippen molar-refractivity contribution in [3.05, 3.63) is 146 Å². The standard InChI is InChI=1S/C42H24N2OS/c1-5-14-33-26(10-1)29-21-22-30-27-11-2-6-15-34(27)44(35-16-9-19-39-40(35)31-13-4-8-18-38(31)46-39)42(30)41(29)43(33)25-20-23-37-32(24-25)28-12-3-7-17-36(28)45-37/h1-24H. The van der Waals surface area contributed by atoms with E-state index < -0.39 is 0 Å². The molecule has 214 valence electrons. The van der Waals surface area contributed by atoms with Crippen molar-refractivity contribution in [3.8, 4) is 11.4 Å². The number of aromatic nitrogens is 2. The summed E-state index contributed by atoms with van der Waals surface area (Å²) >= 11 is 1.87. The second-order valence-corrected chi connectivity index (χ2v) is 13.2. The summed E-state index contributed by atoms with van der Waals surface area (Å²) in [5, 5.41) is 9.85. The van der Waals surface area contributed by atoms with Gasteiger partial charge in [-0.25, -0.2) is 0 Å². The van der Waals surface area contributed by atoms with Gasteiger partial charge in [0.05, 0.1) is 27.8 Å². The highest BCUT2D eigenvalue weighted by molar-refractivity contribution is 7.25. The summed E-state index contributed by atoms with van der Waals surface area (Å²) in [6, 6.07) is 52.8. The highest BCUT2D eigenvalue weighted by Gasteiger charge is 2.23. The normalized spacial score (nSPS) is 12.3. The average Bonchev–Trinajstić information content (AvgIpc) is 3.85. The zero-order chi connectivity index (χ0) is 29.9. The van der Waals surface area contributed by atoms with Crippen LogP contribution in [-0.4, -0.2) is 9.13 Å². The van der Waals surface area contributed by atoms with E-state index >= 15 is 0 Å². The Hall–Kier alpha value is -5.84. The third-order valence-electron chi connectivity index (χ3n) is 9.71. The molecule has 0 spiro atoms. The summed E-state index contributed by atoms with van der Waals surface area (Å²) in [6.07, 6.45) is 0. The Kier molecular flexibility index (Phi) is 4.72. The molecule has 0 aliphatic rings. The van der Waals surface area contributed by atoms with E-state index in [9.17, 15) is 0 Å². The summed E-state index contributed by atoms with van der Waals surface area (Å²) in [5.41, 5.74) is 8.97. The quantitative estimate of drug-likeness (QED) is 0.192. The van der Waals surface area contributed by atoms with E-state index in [-0.39, 0.29) is 0 Å². The largest absolute Gasteiger partial charge is 0.456 e. The van der Waals surface area contributed by atoms with Crippen molar-refractivity contribution >= 4 is 97.1 Å². The second kappa shape index (κ2) is 8.87. The topological polar surface area (TPSA) is 23.0 Å². The molecular weight excluding hydrogens is 581 g/mol. The Bertz CT molecular complexity index is 3040. The van der Waals surface area contributed by atoms with Gasteiger partial charge in [-0.05, 0) is 54.6 Å². The minimum Gasteiger partial charge on any atom is -0.456 e. The number of para-hydroxylation sites is 3.